The molecular weight excluding hydrogens is 215 g/mol. The van der Waals surface area contributed by atoms with Crippen molar-refractivity contribution >= 4 is 0 Å². The first kappa shape index (κ1) is 12.5. The number of likely N-dealkylation sites (tertiary alicyclic amines) is 1. The second kappa shape index (κ2) is 6.12. The van der Waals surface area contributed by atoms with Gasteiger partial charge in [0.2, 0.25) is 0 Å². The van der Waals surface area contributed by atoms with Gasteiger partial charge in [-0.05, 0) is 50.7 Å². The molecule has 1 aliphatic rings. The fourth-order valence-electron chi connectivity index (χ4n) is 2.30. The Morgan fingerprint density at radius 2 is 1.82 bits per heavy atom. The summed E-state index contributed by atoms with van der Waals surface area (Å²) in [5.41, 5.74) is 1.18. The molecule has 2 rings (SSSR count). The minimum atomic E-state index is -0.159. The number of likely N-dealkylation sites (N-methyl/N-ethyl adjacent to an activating group) is 1. The minimum absolute atomic E-state index is 0.159. The maximum atomic E-state index is 12.8. The Balaban J connectivity index is 1.72. The third kappa shape index (κ3) is 4.10. The highest BCUT2D eigenvalue weighted by Gasteiger charge is 2.11. The Bertz CT molecular complexity index is 331. The summed E-state index contributed by atoms with van der Waals surface area (Å²) in [6.45, 7) is 5.64. The molecule has 1 aromatic rings. The highest BCUT2D eigenvalue weighted by molar-refractivity contribution is 5.15. The van der Waals surface area contributed by atoms with E-state index in [1.54, 1.807) is 0 Å². The van der Waals surface area contributed by atoms with E-state index < -0.39 is 0 Å². The summed E-state index contributed by atoms with van der Waals surface area (Å²) < 4.78 is 12.8. The van der Waals surface area contributed by atoms with Gasteiger partial charge in [0.25, 0.3) is 0 Å². The van der Waals surface area contributed by atoms with Crippen molar-refractivity contribution in [1.29, 1.82) is 0 Å². The quantitative estimate of drug-likeness (QED) is 0.774. The molecule has 1 fully saturated rings. The Morgan fingerprint density at radius 3 is 2.47 bits per heavy atom. The zero-order valence-corrected chi connectivity index (χ0v) is 10.5. The molecule has 0 aromatic heterocycles. The van der Waals surface area contributed by atoms with Crippen molar-refractivity contribution in [1.82, 2.24) is 9.80 Å². The van der Waals surface area contributed by atoms with E-state index in [-0.39, 0.29) is 5.82 Å². The zero-order valence-electron chi connectivity index (χ0n) is 10.5. The molecular formula is C14H21FN2. The fourth-order valence-corrected chi connectivity index (χ4v) is 2.30. The van der Waals surface area contributed by atoms with E-state index in [9.17, 15) is 4.39 Å². The molecule has 94 valence electrons. The normalized spacial score (nSPS) is 16.9. The Kier molecular flexibility index (Phi) is 4.51. The first-order valence-corrected chi connectivity index (χ1v) is 6.39. The van der Waals surface area contributed by atoms with Crippen LogP contribution >= 0.6 is 0 Å². The van der Waals surface area contributed by atoms with Crippen molar-refractivity contribution in [2.24, 2.45) is 0 Å². The molecule has 0 spiro atoms. The molecule has 0 saturated carbocycles. The molecule has 0 amide bonds. The van der Waals surface area contributed by atoms with Crippen LogP contribution in [0.25, 0.3) is 0 Å². The lowest BCUT2D eigenvalue weighted by Crippen LogP contribution is -2.31. The Hall–Kier alpha value is -0.930. The van der Waals surface area contributed by atoms with E-state index in [0.29, 0.717) is 0 Å². The molecule has 3 heteroatoms. The van der Waals surface area contributed by atoms with Crippen LogP contribution < -0.4 is 0 Å². The van der Waals surface area contributed by atoms with Gasteiger partial charge < -0.3 is 9.80 Å². The van der Waals surface area contributed by atoms with Crippen LogP contribution in [0, 0.1) is 5.82 Å². The molecule has 1 aromatic carbocycles. The Labute approximate surface area is 103 Å². The molecule has 0 radical (unpaired) electrons. The highest BCUT2D eigenvalue weighted by atomic mass is 19.1. The van der Waals surface area contributed by atoms with Gasteiger partial charge in [-0.3, -0.25) is 0 Å². The zero-order chi connectivity index (χ0) is 12.1. The van der Waals surface area contributed by atoms with Crippen molar-refractivity contribution in [2.45, 2.75) is 19.4 Å². The number of hydrogen-bond acceptors (Lipinski definition) is 2. The lowest BCUT2D eigenvalue weighted by atomic mass is 10.2. The molecule has 0 unspecified atom stereocenters. The van der Waals surface area contributed by atoms with E-state index in [1.807, 2.05) is 12.1 Å². The molecule has 0 N–H and O–H groups in total. The first-order chi connectivity index (χ1) is 8.24. The van der Waals surface area contributed by atoms with Crippen molar-refractivity contribution in [3.05, 3.63) is 35.6 Å². The smallest absolute Gasteiger partial charge is 0.123 e. The molecule has 1 saturated heterocycles. The first-order valence-electron chi connectivity index (χ1n) is 6.39. The average molecular weight is 236 g/mol. The topological polar surface area (TPSA) is 6.48 Å². The fraction of sp³-hybridized carbons (Fsp3) is 0.571. The van der Waals surface area contributed by atoms with Gasteiger partial charge in [-0.25, -0.2) is 4.39 Å². The second-order valence-corrected chi connectivity index (χ2v) is 4.91. The largest absolute Gasteiger partial charge is 0.302 e. The average Bonchev–Trinajstić information content (AvgIpc) is 2.83. The SMILES string of the molecule is CN(CCN1CCCC1)Cc1ccc(F)cc1. The number of benzene rings is 1. The molecule has 0 atom stereocenters. The van der Waals surface area contributed by atoms with Gasteiger partial charge in [0, 0.05) is 19.6 Å². The molecule has 2 nitrogen and oxygen atoms in total. The van der Waals surface area contributed by atoms with E-state index in [4.69, 9.17) is 0 Å². The van der Waals surface area contributed by atoms with Crippen molar-refractivity contribution in [3.8, 4) is 0 Å². The van der Waals surface area contributed by atoms with Crippen molar-refractivity contribution in [3.63, 3.8) is 0 Å². The third-order valence-corrected chi connectivity index (χ3v) is 3.36. The van der Waals surface area contributed by atoms with Gasteiger partial charge in [0.05, 0.1) is 0 Å². The standard InChI is InChI=1S/C14H21FN2/c1-16(10-11-17-8-2-3-9-17)12-13-4-6-14(15)7-5-13/h4-7H,2-3,8-12H2,1H3. The van der Waals surface area contributed by atoms with Gasteiger partial charge in [-0.15, -0.1) is 0 Å². The summed E-state index contributed by atoms with van der Waals surface area (Å²) in [6.07, 6.45) is 2.70. The van der Waals surface area contributed by atoms with Crippen LogP contribution in [0.1, 0.15) is 18.4 Å². The lowest BCUT2D eigenvalue weighted by molar-refractivity contribution is 0.252. The van der Waals surface area contributed by atoms with Gasteiger partial charge in [-0.1, -0.05) is 12.1 Å². The second-order valence-electron chi connectivity index (χ2n) is 4.91. The molecule has 17 heavy (non-hydrogen) atoms. The van der Waals surface area contributed by atoms with Crippen LogP contribution in [0.3, 0.4) is 0 Å². The van der Waals surface area contributed by atoms with Crippen LogP contribution in [0.2, 0.25) is 0 Å². The lowest BCUT2D eigenvalue weighted by Gasteiger charge is -2.21. The number of nitrogens with zero attached hydrogens (tertiary/aromatic N) is 2. The highest BCUT2D eigenvalue weighted by Crippen LogP contribution is 2.08. The maximum absolute atomic E-state index is 12.8. The van der Waals surface area contributed by atoms with Crippen LogP contribution in [0.4, 0.5) is 4.39 Å². The van der Waals surface area contributed by atoms with Gasteiger partial charge in [0.15, 0.2) is 0 Å². The van der Waals surface area contributed by atoms with Crippen LogP contribution in [0.15, 0.2) is 24.3 Å². The number of hydrogen-bond donors (Lipinski definition) is 0. The van der Waals surface area contributed by atoms with E-state index in [1.165, 1.54) is 43.6 Å². The summed E-state index contributed by atoms with van der Waals surface area (Å²) >= 11 is 0. The molecule has 0 aliphatic carbocycles. The molecule has 0 bridgehead atoms. The predicted molar refractivity (Wildman–Crippen MR) is 68.4 cm³/mol. The van der Waals surface area contributed by atoms with E-state index in [2.05, 4.69) is 16.8 Å². The monoisotopic (exact) mass is 236 g/mol. The van der Waals surface area contributed by atoms with E-state index >= 15 is 0 Å². The summed E-state index contributed by atoms with van der Waals surface area (Å²) in [5, 5.41) is 0. The van der Waals surface area contributed by atoms with Gasteiger partial charge in [-0.2, -0.15) is 0 Å². The predicted octanol–water partition coefficient (Wildman–Crippen LogP) is 2.35. The van der Waals surface area contributed by atoms with Crippen LogP contribution in [-0.4, -0.2) is 43.0 Å². The number of rotatable bonds is 5. The van der Waals surface area contributed by atoms with Crippen LogP contribution in [-0.2, 0) is 6.54 Å². The maximum Gasteiger partial charge on any atom is 0.123 e. The van der Waals surface area contributed by atoms with Gasteiger partial charge >= 0.3 is 0 Å². The van der Waals surface area contributed by atoms with E-state index in [0.717, 1.165) is 19.6 Å². The summed E-state index contributed by atoms with van der Waals surface area (Å²) in [6, 6.07) is 6.79. The Morgan fingerprint density at radius 1 is 1.18 bits per heavy atom. The minimum Gasteiger partial charge on any atom is -0.302 e. The third-order valence-electron chi connectivity index (χ3n) is 3.36. The summed E-state index contributed by atoms with van der Waals surface area (Å²) in [4.78, 5) is 4.81. The van der Waals surface area contributed by atoms with Crippen molar-refractivity contribution in [2.75, 3.05) is 33.2 Å². The van der Waals surface area contributed by atoms with Crippen molar-refractivity contribution < 1.29 is 4.39 Å². The molecule has 1 aliphatic heterocycles. The van der Waals surface area contributed by atoms with Gasteiger partial charge in [0.1, 0.15) is 5.82 Å². The summed E-state index contributed by atoms with van der Waals surface area (Å²) in [5.74, 6) is -0.159. The van der Waals surface area contributed by atoms with Crippen LogP contribution in [0.5, 0.6) is 0 Å². The molecule has 1 heterocycles. The summed E-state index contributed by atoms with van der Waals surface area (Å²) in [7, 11) is 2.12. The number of halogens is 1.